The van der Waals surface area contributed by atoms with E-state index < -0.39 is 6.10 Å². The summed E-state index contributed by atoms with van der Waals surface area (Å²) < 4.78 is 2.04. The number of carbonyl (C=O) groups is 2. The number of nitrogens with zero attached hydrogens (tertiary/aromatic N) is 4. The van der Waals surface area contributed by atoms with E-state index in [1.807, 2.05) is 29.5 Å². The first-order chi connectivity index (χ1) is 12.9. The molecule has 1 spiro atoms. The molecule has 2 saturated heterocycles. The maximum Gasteiger partial charge on any atom is 0.251 e. The number of aliphatic hydroxyl groups excluding tert-OH is 1. The van der Waals surface area contributed by atoms with Gasteiger partial charge >= 0.3 is 0 Å². The minimum Gasteiger partial charge on any atom is -0.383 e. The summed E-state index contributed by atoms with van der Waals surface area (Å²) in [5.74, 6) is 0.0376. The summed E-state index contributed by atoms with van der Waals surface area (Å²) in [5.41, 5.74) is 0.127. The molecule has 0 unspecified atom stereocenters. The van der Waals surface area contributed by atoms with Crippen LogP contribution in [0.15, 0.2) is 18.7 Å². The number of imidazole rings is 1. The minimum absolute atomic E-state index is 0.0633. The van der Waals surface area contributed by atoms with Crippen LogP contribution in [0.25, 0.3) is 0 Å². The molecule has 1 N–H and O–H groups in total. The lowest BCUT2D eigenvalue weighted by Crippen LogP contribution is -2.54. The molecule has 7 nitrogen and oxygen atoms in total. The molecule has 0 aliphatic carbocycles. The third-order valence-electron chi connectivity index (χ3n) is 6.17. The summed E-state index contributed by atoms with van der Waals surface area (Å²) in [5, 5.41) is 10.1. The highest BCUT2D eigenvalue weighted by atomic mass is 16.3. The minimum atomic E-state index is -0.911. The Balaban J connectivity index is 1.51. The van der Waals surface area contributed by atoms with E-state index in [-0.39, 0.29) is 23.1 Å². The molecule has 0 aromatic carbocycles. The topological polar surface area (TPSA) is 78.7 Å². The Bertz CT molecular complexity index is 636. The van der Waals surface area contributed by atoms with Crippen LogP contribution in [0.5, 0.6) is 0 Å². The standard InChI is InChI=1S/C20H32N4O3/c1-16(2)18(26)19(27)23-11-6-20(7-12-23)5-4-17(25)24(14-20)10-3-9-22-13-8-21-15-22/h8,13,15-16,18,26H,3-7,9-12,14H2,1-2H3/t18-/m0/s1. The van der Waals surface area contributed by atoms with E-state index in [2.05, 4.69) is 4.98 Å². The van der Waals surface area contributed by atoms with E-state index in [0.29, 0.717) is 19.5 Å². The number of aryl methyl sites for hydroxylation is 1. The van der Waals surface area contributed by atoms with Crippen LogP contribution in [0.2, 0.25) is 0 Å². The summed E-state index contributed by atoms with van der Waals surface area (Å²) in [7, 11) is 0. The van der Waals surface area contributed by atoms with E-state index in [4.69, 9.17) is 0 Å². The molecule has 27 heavy (non-hydrogen) atoms. The molecule has 150 valence electrons. The zero-order valence-electron chi connectivity index (χ0n) is 16.5. The van der Waals surface area contributed by atoms with Gasteiger partial charge in [-0.15, -0.1) is 0 Å². The first-order valence-electron chi connectivity index (χ1n) is 10.1. The van der Waals surface area contributed by atoms with Crippen molar-refractivity contribution < 1.29 is 14.7 Å². The molecule has 2 fully saturated rings. The van der Waals surface area contributed by atoms with E-state index >= 15 is 0 Å². The number of aliphatic hydroxyl groups is 1. The van der Waals surface area contributed by atoms with E-state index in [1.54, 1.807) is 17.4 Å². The van der Waals surface area contributed by atoms with Crippen LogP contribution in [0.4, 0.5) is 0 Å². The van der Waals surface area contributed by atoms with Crippen molar-refractivity contribution in [3.8, 4) is 0 Å². The van der Waals surface area contributed by atoms with Crippen molar-refractivity contribution >= 4 is 11.8 Å². The first kappa shape index (κ1) is 19.9. The van der Waals surface area contributed by atoms with Gasteiger partial charge in [-0.3, -0.25) is 9.59 Å². The van der Waals surface area contributed by atoms with Gasteiger partial charge in [0, 0.05) is 51.5 Å². The lowest BCUT2D eigenvalue weighted by Gasteiger charge is -2.47. The third-order valence-corrected chi connectivity index (χ3v) is 6.17. The van der Waals surface area contributed by atoms with Gasteiger partial charge in [0.15, 0.2) is 0 Å². The molecule has 0 bridgehead atoms. The van der Waals surface area contributed by atoms with Crippen molar-refractivity contribution in [1.82, 2.24) is 19.4 Å². The molecule has 0 radical (unpaired) electrons. The molecule has 2 aliphatic rings. The normalized spacial score (nSPS) is 21.1. The number of aromatic nitrogens is 2. The lowest BCUT2D eigenvalue weighted by molar-refractivity contribution is -0.148. The smallest absolute Gasteiger partial charge is 0.251 e. The molecule has 2 amide bonds. The van der Waals surface area contributed by atoms with Gasteiger partial charge < -0.3 is 19.5 Å². The number of hydrogen-bond acceptors (Lipinski definition) is 4. The van der Waals surface area contributed by atoms with Gasteiger partial charge in [0.25, 0.3) is 5.91 Å². The van der Waals surface area contributed by atoms with Crippen LogP contribution >= 0.6 is 0 Å². The van der Waals surface area contributed by atoms with Crippen molar-refractivity contribution in [1.29, 1.82) is 0 Å². The van der Waals surface area contributed by atoms with Crippen molar-refractivity contribution in [2.24, 2.45) is 11.3 Å². The fourth-order valence-electron chi connectivity index (χ4n) is 4.25. The molecule has 7 heteroatoms. The van der Waals surface area contributed by atoms with Gasteiger partial charge in [-0.2, -0.15) is 0 Å². The summed E-state index contributed by atoms with van der Waals surface area (Å²) in [6.45, 7) is 7.52. The van der Waals surface area contributed by atoms with E-state index in [9.17, 15) is 14.7 Å². The maximum atomic E-state index is 12.4. The number of rotatable bonds is 6. The van der Waals surface area contributed by atoms with Crippen LogP contribution in [0.3, 0.4) is 0 Å². The summed E-state index contributed by atoms with van der Waals surface area (Å²) >= 11 is 0. The Labute approximate surface area is 161 Å². The van der Waals surface area contributed by atoms with Gasteiger partial charge in [0.2, 0.25) is 5.91 Å². The molecule has 0 saturated carbocycles. The van der Waals surface area contributed by atoms with Crippen LogP contribution in [-0.4, -0.2) is 68.6 Å². The molecule has 2 aliphatic heterocycles. The highest BCUT2D eigenvalue weighted by Crippen LogP contribution is 2.40. The summed E-state index contributed by atoms with van der Waals surface area (Å²) in [4.78, 5) is 32.6. The van der Waals surface area contributed by atoms with Crippen LogP contribution in [0.1, 0.15) is 46.0 Å². The monoisotopic (exact) mass is 376 g/mol. The number of piperidine rings is 2. The SMILES string of the molecule is CC(C)[C@H](O)C(=O)N1CCC2(CCC(=O)N(CCCn3ccnc3)C2)CC1. The van der Waals surface area contributed by atoms with Gasteiger partial charge in [0.1, 0.15) is 6.10 Å². The third kappa shape index (κ3) is 4.69. The molecule has 3 rings (SSSR count). The number of carbonyl (C=O) groups excluding carboxylic acids is 2. The second-order valence-corrected chi connectivity index (χ2v) is 8.48. The predicted molar refractivity (Wildman–Crippen MR) is 102 cm³/mol. The average Bonchev–Trinajstić information content (AvgIpc) is 3.17. The van der Waals surface area contributed by atoms with Crippen LogP contribution in [0, 0.1) is 11.3 Å². The predicted octanol–water partition coefficient (Wildman–Crippen LogP) is 1.52. The fourth-order valence-corrected chi connectivity index (χ4v) is 4.25. The second kappa shape index (κ2) is 8.42. The number of amides is 2. The zero-order chi connectivity index (χ0) is 19.4. The molecular weight excluding hydrogens is 344 g/mol. The highest BCUT2D eigenvalue weighted by Gasteiger charge is 2.42. The van der Waals surface area contributed by atoms with Crippen LogP contribution in [-0.2, 0) is 16.1 Å². The molecule has 1 aromatic rings. The van der Waals surface area contributed by atoms with Gasteiger partial charge in [-0.1, -0.05) is 13.8 Å². The number of likely N-dealkylation sites (tertiary alicyclic amines) is 2. The first-order valence-corrected chi connectivity index (χ1v) is 10.1. The van der Waals surface area contributed by atoms with E-state index in [0.717, 1.165) is 45.3 Å². The van der Waals surface area contributed by atoms with E-state index in [1.165, 1.54) is 0 Å². The number of hydrogen-bond donors (Lipinski definition) is 1. The molecule has 1 atom stereocenters. The summed E-state index contributed by atoms with van der Waals surface area (Å²) in [6.07, 6.45) is 8.87. The van der Waals surface area contributed by atoms with Crippen molar-refractivity contribution in [2.45, 2.75) is 58.6 Å². The van der Waals surface area contributed by atoms with Crippen LogP contribution < -0.4 is 0 Å². The molecule has 3 heterocycles. The Kier molecular flexibility index (Phi) is 6.19. The van der Waals surface area contributed by atoms with Crippen molar-refractivity contribution in [3.05, 3.63) is 18.7 Å². The average molecular weight is 377 g/mol. The zero-order valence-corrected chi connectivity index (χ0v) is 16.5. The van der Waals surface area contributed by atoms with Crippen molar-refractivity contribution in [3.63, 3.8) is 0 Å². The Morgan fingerprint density at radius 3 is 2.63 bits per heavy atom. The van der Waals surface area contributed by atoms with Gasteiger partial charge in [-0.05, 0) is 37.0 Å². The molecular formula is C20H32N4O3. The van der Waals surface area contributed by atoms with Crippen molar-refractivity contribution in [2.75, 3.05) is 26.2 Å². The Morgan fingerprint density at radius 1 is 1.26 bits per heavy atom. The Hall–Kier alpha value is -1.89. The quantitative estimate of drug-likeness (QED) is 0.816. The largest absolute Gasteiger partial charge is 0.383 e. The Morgan fingerprint density at radius 2 is 2.00 bits per heavy atom. The summed E-state index contributed by atoms with van der Waals surface area (Å²) in [6, 6.07) is 0. The maximum absolute atomic E-state index is 12.4. The second-order valence-electron chi connectivity index (χ2n) is 8.48. The lowest BCUT2D eigenvalue weighted by atomic mass is 9.72. The fraction of sp³-hybridized carbons (Fsp3) is 0.750. The highest BCUT2D eigenvalue weighted by molar-refractivity contribution is 5.81. The molecule has 1 aromatic heterocycles. The van der Waals surface area contributed by atoms with Gasteiger partial charge in [-0.25, -0.2) is 4.98 Å². The van der Waals surface area contributed by atoms with Gasteiger partial charge in [0.05, 0.1) is 6.33 Å².